The van der Waals surface area contributed by atoms with Gasteiger partial charge in [0.25, 0.3) is 0 Å². The van der Waals surface area contributed by atoms with Gasteiger partial charge in [0.05, 0.1) is 12.2 Å². The van der Waals surface area contributed by atoms with Crippen molar-refractivity contribution in [2.45, 2.75) is 75.9 Å². The number of ether oxygens (including phenoxy) is 5. The molecule has 0 saturated carbocycles. The molecule has 0 aliphatic carbocycles. The van der Waals surface area contributed by atoms with Crippen molar-refractivity contribution in [3.63, 3.8) is 0 Å². The molecule has 6 aromatic rings. The van der Waals surface area contributed by atoms with Gasteiger partial charge in [-0.05, 0) is 108 Å². The molecular formula is C50H48F6O5. The first-order valence-electron chi connectivity index (χ1n) is 19.8. The van der Waals surface area contributed by atoms with Gasteiger partial charge >= 0.3 is 12.4 Å². The molecular weight excluding hydrogens is 795 g/mol. The van der Waals surface area contributed by atoms with Crippen LogP contribution in [0.25, 0.3) is 0 Å². The molecule has 0 radical (unpaired) electrons. The molecule has 61 heavy (non-hydrogen) atoms. The lowest BCUT2D eigenvalue weighted by atomic mass is 9.74. The third-order valence-corrected chi connectivity index (χ3v) is 10.5. The molecule has 0 amide bonds. The smallest absolute Gasteiger partial charge is 0.422 e. The predicted molar refractivity (Wildman–Crippen MR) is 224 cm³/mol. The molecule has 5 nitrogen and oxygen atoms in total. The number of rotatable bonds is 18. The topological polar surface area (TPSA) is 46.2 Å². The van der Waals surface area contributed by atoms with Gasteiger partial charge in [0, 0.05) is 10.8 Å². The second-order valence-corrected chi connectivity index (χ2v) is 15.9. The summed E-state index contributed by atoms with van der Waals surface area (Å²) in [6.45, 7) is 5.29. The van der Waals surface area contributed by atoms with Gasteiger partial charge in [-0.2, -0.15) is 26.3 Å². The molecule has 11 heteroatoms. The number of benzene rings is 6. The lowest BCUT2D eigenvalue weighted by Gasteiger charge is -2.43. The summed E-state index contributed by atoms with van der Waals surface area (Å²) in [4.78, 5) is 0. The lowest BCUT2D eigenvalue weighted by Crippen LogP contribution is -2.46. The third kappa shape index (κ3) is 13.0. The molecule has 2 atom stereocenters. The molecule has 0 saturated heterocycles. The van der Waals surface area contributed by atoms with E-state index in [9.17, 15) is 26.3 Å². The minimum Gasteiger partial charge on any atom is -0.484 e. The van der Waals surface area contributed by atoms with Crippen LogP contribution < -0.4 is 18.9 Å². The Kier molecular flexibility index (Phi) is 14.0. The van der Waals surface area contributed by atoms with Crippen LogP contribution in [0.1, 0.15) is 49.9 Å². The minimum absolute atomic E-state index is 0.0828. The maximum atomic E-state index is 13.0. The van der Waals surface area contributed by atoms with E-state index in [1.165, 1.54) is 24.3 Å². The second kappa shape index (κ2) is 19.2. The molecule has 320 valence electrons. The highest BCUT2D eigenvalue weighted by Crippen LogP contribution is 2.40. The molecule has 0 N–H and O–H groups in total. The minimum atomic E-state index is -4.49. The van der Waals surface area contributed by atoms with Crippen LogP contribution in [0.2, 0.25) is 0 Å². The fraction of sp³-hybridized carbons (Fsp3) is 0.280. The summed E-state index contributed by atoms with van der Waals surface area (Å²) in [5.74, 6) is 2.78. The Morgan fingerprint density at radius 3 is 1.08 bits per heavy atom. The first-order valence-corrected chi connectivity index (χ1v) is 19.8. The summed E-state index contributed by atoms with van der Waals surface area (Å²) < 4.78 is 108. The van der Waals surface area contributed by atoms with Crippen molar-refractivity contribution in [3.8, 4) is 34.5 Å². The Bertz CT molecular complexity index is 2110. The van der Waals surface area contributed by atoms with Crippen molar-refractivity contribution >= 4 is 0 Å². The zero-order valence-electron chi connectivity index (χ0n) is 34.3. The third-order valence-electron chi connectivity index (χ3n) is 10.5. The normalized spacial score (nSPS) is 13.3. The van der Waals surface area contributed by atoms with Crippen LogP contribution in [0.15, 0.2) is 158 Å². The van der Waals surface area contributed by atoms with Crippen LogP contribution in [0, 0.1) is 0 Å². The summed E-state index contributed by atoms with van der Waals surface area (Å²) in [5.41, 5.74) is 1.93. The number of para-hydroxylation sites is 2. The zero-order valence-corrected chi connectivity index (χ0v) is 34.3. The quantitative estimate of drug-likeness (QED) is 0.0807. The number of halogens is 6. The highest BCUT2D eigenvalue weighted by molar-refractivity contribution is 5.39. The Hall–Kier alpha value is -5.94. The molecule has 0 aliphatic heterocycles. The van der Waals surface area contributed by atoms with E-state index in [0.717, 1.165) is 22.3 Å². The summed E-state index contributed by atoms with van der Waals surface area (Å²) in [7, 11) is 0. The average molecular weight is 843 g/mol. The van der Waals surface area contributed by atoms with Gasteiger partial charge in [0.2, 0.25) is 0 Å². The van der Waals surface area contributed by atoms with E-state index in [-0.39, 0.29) is 11.5 Å². The Balaban J connectivity index is 1.38. The molecule has 0 bridgehead atoms. The van der Waals surface area contributed by atoms with Gasteiger partial charge in [-0.15, -0.1) is 0 Å². The lowest BCUT2D eigenvalue weighted by molar-refractivity contribution is -0.154. The highest BCUT2D eigenvalue weighted by Gasteiger charge is 2.40. The standard InChI is InChI=1S/C50H48F6O5/c1-47(2,37-21-25-39(26-22-37)57-33-49(51,52)53)45(31-35-13-11-19-43(29-35)59-41-15-7-5-8-16-41)61-46(32-36-14-12-20-44(30-36)60-42-17-9-6-10-18-42)48(3,4)38-23-27-40(28-24-38)58-34-50(54,55)56/h5-30,45-46H,31-34H2,1-4H3. The fourth-order valence-corrected chi connectivity index (χ4v) is 6.96. The van der Waals surface area contributed by atoms with Gasteiger partial charge in [-0.25, -0.2) is 0 Å². The van der Waals surface area contributed by atoms with Crippen LogP contribution in [0.5, 0.6) is 34.5 Å². The number of alkyl halides is 6. The molecule has 6 rings (SSSR count). The van der Waals surface area contributed by atoms with Gasteiger partial charge in [0.15, 0.2) is 13.2 Å². The first-order chi connectivity index (χ1) is 28.9. The van der Waals surface area contributed by atoms with Crippen LogP contribution >= 0.6 is 0 Å². The molecule has 0 aromatic heterocycles. The van der Waals surface area contributed by atoms with Gasteiger partial charge in [-0.3, -0.25) is 0 Å². The maximum Gasteiger partial charge on any atom is 0.422 e. The Morgan fingerprint density at radius 1 is 0.393 bits per heavy atom. The SMILES string of the molecule is CC(C)(c1ccc(OCC(F)(F)F)cc1)C(Cc1cccc(Oc2ccccc2)c1)OC(Cc1cccc(Oc2ccccc2)c1)C(C)(C)c1ccc(OCC(F)(F)F)cc1. The second-order valence-electron chi connectivity index (χ2n) is 15.9. The van der Waals surface area contributed by atoms with Gasteiger partial charge in [0.1, 0.15) is 34.5 Å². The molecule has 6 aromatic carbocycles. The summed E-state index contributed by atoms with van der Waals surface area (Å²) in [6, 6.07) is 47.4. The Morgan fingerprint density at radius 2 is 0.738 bits per heavy atom. The fourth-order valence-electron chi connectivity index (χ4n) is 6.96. The van der Waals surface area contributed by atoms with Gasteiger partial charge in [-0.1, -0.05) is 113 Å². The largest absolute Gasteiger partial charge is 0.484 e. The average Bonchev–Trinajstić information content (AvgIpc) is 3.22. The van der Waals surface area contributed by atoms with Crippen molar-refractivity contribution in [2.75, 3.05) is 13.2 Å². The summed E-state index contributed by atoms with van der Waals surface area (Å²) in [6.07, 6.45) is -9.27. The first kappa shape index (κ1) is 44.6. The number of hydrogen-bond donors (Lipinski definition) is 0. The van der Waals surface area contributed by atoms with Crippen LogP contribution in [0.3, 0.4) is 0 Å². The van der Waals surface area contributed by atoms with Crippen LogP contribution in [-0.2, 0) is 28.4 Å². The van der Waals surface area contributed by atoms with E-state index in [2.05, 4.69) is 0 Å². The highest BCUT2D eigenvalue weighted by atomic mass is 19.4. The van der Waals surface area contributed by atoms with Crippen molar-refractivity contribution in [1.29, 1.82) is 0 Å². The van der Waals surface area contributed by atoms with E-state index in [4.69, 9.17) is 23.7 Å². The van der Waals surface area contributed by atoms with E-state index in [1.807, 2.05) is 137 Å². The van der Waals surface area contributed by atoms with E-state index >= 15 is 0 Å². The van der Waals surface area contributed by atoms with Crippen molar-refractivity contribution in [2.24, 2.45) is 0 Å². The summed E-state index contributed by atoms with van der Waals surface area (Å²) in [5, 5.41) is 0. The molecule has 0 heterocycles. The van der Waals surface area contributed by atoms with E-state index < -0.39 is 48.6 Å². The number of hydrogen-bond acceptors (Lipinski definition) is 5. The zero-order chi connectivity index (χ0) is 43.7. The molecule has 2 unspecified atom stereocenters. The Labute approximate surface area is 352 Å². The van der Waals surface area contributed by atoms with E-state index in [0.29, 0.717) is 35.8 Å². The molecule has 0 spiro atoms. The van der Waals surface area contributed by atoms with Crippen molar-refractivity contribution in [1.82, 2.24) is 0 Å². The van der Waals surface area contributed by atoms with Crippen molar-refractivity contribution < 1.29 is 50.0 Å². The van der Waals surface area contributed by atoms with Crippen LogP contribution in [-0.4, -0.2) is 37.8 Å². The summed E-state index contributed by atoms with van der Waals surface area (Å²) >= 11 is 0. The van der Waals surface area contributed by atoms with E-state index in [1.54, 1.807) is 24.3 Å². The predicted octanol–water partition coefficient (Wildman–Crippen LogP) is 13.6. The van der Waals surface area contributed by atoms with Crippen LogP contribution in [0.4, 0.5) is 26.3 Å². The monoisotopic (exact) mass is 842 g/mol. The maximum absolute atomic E-state index is 13.0. The van der Waals surface area contributed by atoms with Crippen molar-refractivity contribution in [3.05, 3.63) is 180 Å². The van der Waals surface area contributed by atoms with Gasteiger partial charge < -0.3 is 23.7 Å². The molecule has 0 aliphatic rings. The molecule has 0 fully saturated rings.